The number of amides is 1. The first-order chi connectivity index (χ1) is 15.7. The van der Waals surface area contributed by atoms with Crippen molar-refractivity contribution in [1.29, 1.82) is 0 Å². The van der Waals surface area contributed by atoms with Gasteiger partial charge in [-0.25, -0.2) is 9.37 Å². The Morgan fingerprint density at radius 1 is 0.938 bits per heavy atom. The Balaban J connectivity index is 1.16. The van der Waals surface area contributed by atoms with E-state index in [4.69, 9.17) is 4.98 Å². The molecule has 4 aromatic rings. The molecule has 0 N–H and O–H groups in total. The number of carbonyl (C=O) groups excluding carboxylic acids is 1. The van der Waals surface area contributed by atoms with Gasteiger partial charge in [0.15, 0.2) is 0 Å². The standard InChI is InChI=1S/C25H23FN4OS/c26-21-7-3-19(4-8-21)23-18-32-24(27-23)17-28-13-15-30(16-14-28)25(31)20-5-9-22(10-6-20)29-11-1-2-12-29/h1-12,18H,13-17H2. The molecule has 1 saturated heterocycles. The molecule has 1 aliphatic heterocycles. The van der Waals surface area contributed by atoms with Crippen LogP contribution in [-0.4, -0.2) is 51.4 Å². The molecule has 0 saturated carbocycles. The van der Waals surface area contributed by atoms with E-state index in [-0.39, 0.29) is 11.7 Å². The minimum atomic E-state index is -0.242. The lowest BCUT2D eigenvalue weighted by Crippen LogP contribution is -2.48. The summed E-state index contributed by atoms with van der Waals surface area (Å²) in [6.45, 7) is 3.81. The number of halogens is 1. The molecular weight excluding hydrogens is 423 g/mol. The predicted octanol–water partition coefficient (Wildman–Crippen LogP) is 4.70. The van der Waals surface area contributed by atoms with E-state index in [1.807, 2.05) is 63.6 Å². The highest BCUT2D eigenvalue weighted by Gasteiger charge is 2.23. The molecule has 3 heterocycles. The second-order valence-electron chi connectivity index (χ2n) is 7.84. The maximum Gasteiger partial charge on any atom is 0.253 e. The molecule has 32 heavy (non-hydrogen) atoms. The minimum absolute atomic E-state index is 0.0801. The van der Waals surface area contributed by atoms with E-state index in [1.54, 1.807) is 23.5 Å². The van der Waals surface area contributed by atoms with Gasteiger partial charge in [-0.05, 0) is 60.7 Å². The first-order valence-electron chi connectivity index (χ1n) is 10.6. The van der Waals surface area contributed by atoms with Crippen molar-refractivity contribution in [3.63, 3.8) is 0 Å². The number of rotatable bonds is 5. The van der Waals surface area contributed by atoms with E-state index < -0.39 is 0 Å². The topological polar surface area (TPSA) is 41.4 Å². The summed E-state index contributed by atoms with van der Waals surface area (Å²) in [6.07, 6.45) is 3.97. The molecule has 0 radical (unpaired) electrons. The van der Waals surface area contributed by atoms with Gasteiger partial charge >= 0.3 is 0 Å². The van der Waals surface area contributed by atoms with Gasteiger partial charge in [0.2, 0.25) is 0 Å². The number of benzene rings is 2. The van der Waals surface area contributed by atoms with E-state index >= 15 is 0 Å². The third-order valence-corrected chi connectivity index (χ3v) is 6.56. The van der Waals surface area contributed by atoms with Crippen LogP contribution in [0.4, 0.5) is 4.39 Å². The fraction of sp³-hybridized carbons (Fsp3) is 0.200. The van der Waals surface area contributed by atoms with Crippen LogP contribution in [0.25, 0.3) is 16.9 Å². The highest BCUT2D eigenvalue weighted by molar-refractivity contribution is 7.09. The van der Waals surface area contributed by atoms with Crippen molar-refractivity contribution in [2.24, 2.45) is 0 Å². The van der Waals surface area contributed by atoms with Crippen molar-refractivity contribution < 1.29 is 9.18 Å². The summed E-state index contributed by atoms with van der Waals surface area (Å²) in [6, 6.07) is 18.1. The Labute approximate surface area is 190 Å². The second kappa shape index (κ2) is 9.06. The smallest absolute Gasteiger partial charge is 0.253 e. The highest BCUT2D eigenvalue weighted by Crippen LogP contribution is 2.23. The summed E-state index contributed by atoms with van der Waals surface area (Å²) < 4.78 is 15.2. The van der Waals surface area contributed by atoms with Crippen molar-refractivity contribution in [3.05, 3.63) is 94.8 Å². The van der Waals surface area contributed by atoms with E-state index in [2.05, 4.69) is 4.90 Å². The van der Waals surface area contributed by atoms with Gasteiger partial charge in [0.25, 0.3) is 5.91 Å². The zero-order valence-electron chi connectivity index (χ0n) is 17.5. The highest BCUT2D eigenvalue weighted by atomic mass is 32.1. The zero-order valence-corrected chi connectivity index (χ0v) is 18.3. The largest absolute Gasteiger partial charge is 0.336 e. The minimum Gasteiger partial charge on any atom is -0.336 e. The first-order valence-corrected chi connectivity index (χ1v) is 11.5. The number of hydrogen-bond acceptors (Lipinski definition) is 4. The lowest BCUT2D eigenvalue weighted by Gasteiger charge is -2.34. The Hall–Kier alpha value is -3.29. The summed E-state index contributed by atoms with van der Waals surface area (Å²) in [5.41, 5.74) is 3.56. The van der Waals surface area contributed by atoms with Gasteiger partial charge in [-0.1, -0.05) is 0 Å². The Morgan fingerprint density at radius 3 is 2.31 bits per heavy atom. The molecule has 0 atom stereocenters. The summed E-state index contributed by atoms with van der Waals surface area (Å²) in [4.78, 5) is 21.9. The molecule has 0 unspecified atom stereocenters. The molecule has 2 aromatic carbocycles. The lowest BCUT2D eigenvalue weighted by molar-refractivity contribution is 0.0628. The van der Waals surface area contributed by atoms with E-state index in [0.717, 1.165) is 47.2 Å². The fourth-order valence-electron chi connectivity index (χ4n) is 3.90. The van der Waals surface area contributed by atoms with Crippen molar-refractivity contribution in [2.75, 3.05) is 26.2 Å². The molecule has 2 aromatic heterocycles. The van der Waals surface area contributed by atoms with Gasteiger partial charge in [-0.15, -0.1) is 11.3 Å². The Kier molecular flexibility index (Phi) is 5.83. The van der Waals surface area contributed by atoms with Crippen LogP contribution in [0, 0.1) is 5.82 Å². The van der Waals surface area contributed by atoms with Crippen LogP contribution < -0.4 is 0 Å². The van der Waals surface area contributed by atoms with Gasteiger partial charge in [-0.3, -0.25) is 9.69 Å². The molecule has 5 nitrogen and oxygen atoms in total. The maximum absolute atomic E-state index is 13.1. The fourth-order valence-corrected chi connectivity index (χ4v) is 4.75. The van der Waals surface area contributed by atoms with Crippen LogP contribution in [0.5, 0.6) is 0 Å². The van der Waals surface area contributed by atoms with Gasteiger partial charge < -0.3 is 9.47 Å². The van der Waals surface area contributed by atoms with Crippen molar-refractivity contribution in [3.8, 4) is 16.9 Å². The van der Waals surface area contributed by atoms with Crippen LogP contribution in [-0.2, 0) is 6.54 Å². The first kappa shape index (κ1) is 20.6. The number of carbonyl (C=O) groups is 1. The average molecular weight is 447 g/mol. The summed E-state index contributed by atoms with van der Waals surface area (Å²) >= 11 is 1.62. The lowest BCUT2D eigenvalue weighted by atomic mass is 10.1. The third kappa shape index (κ3) is 4.49. The number of hydrogen-bond donors (Lipinski definition) is 0. The number of piperazine rings is 1. The van der Waals surface area contributed by atoms with Crippen molar-refractivity contribution in [2.45, 2.75) is 6.54 Å². The zero-order chi connectivity index (χ0) is 21.9. The third-order valence-electron chi connectivity index (χ3n) is 5.73. The van der Waals surface area contributed by atoms with Crippen molar-refractivity contribution in [1.82, 2.24) is 19.4 Å². The molecule has 0 bridgehead atoms. The predicted molar refractivity (Wildman–Crippen MR) is 124 cm³/mol. The Bertz CT molecular complexity index is 1180. The molecule has 0 spiro atoms. The number of aromatic nitrogens is 2. The average Bonchev–Trinajstić information content (AvgIpc) is 3.53. The SMILES string of the molecule is O=C(c1ccc(-n2cccc2)cc1)N1CCN(Cc2nc(-c3ccc(F)cc3)cs2)CC1. The molecular formula is C25H23FN4OS. The molecule has 1 fully saturated rings. The van der Waals surface area contributed by atoms with Crippen LogP contribution in [0.1, 0.15) is 15.4 Å². The summed E-state index contributed by atoms with van der Waals surface area (Å²) in [5, 5.41) is 3.05. The van der Waals surface area contributed by atoms with Gasteiger partial charge in [0.1, 0.15) is 10.8 Å². The monoisotopic (exact) mass is 446 g/mol. The normalized spacial score (nSPS) is 14.6. The maximum atomic E-state index is 13.1. The van der Waals surface area contributed by atoms with Gasteiger partial charge in [0, 0.05) is 60.8 Å². The van der Waals surface area contributed by atoms with Crippen LogP contribution in [0.15, 0.2) is 78.4 Å². The van der Waals surface area contributed by atoms with Gasteiger partial charge in [0.05, 0.1) is 12.2 Å². The Morgan fingerprint density at radius 2 is 1.62 bits per heavy atom. The van der Waals surface area contributed by atoms with Crippen LogP contribution in [0.3, 0.4) is 0 Å². The van der Waals surface area contributed by atoms with E-state index in [9.17, 15) is 9.18 Å². The second-order valence-corrected chi connectivity index (χ2v) is 8.78. The molecule has 0 aliphatic carbocycles. The van der Waals surface area contributed by atoms with Crippen LogP contribution >= 0.6 is 11.3 Å². The quantitative estimate of drug-likeness (QED) is 0.446. The number of nitrogens with zero attached hydrogens (tertiary/aromatic N) is 4. The van der Waals surface area contributed by atoms with E-state index in [1.165, 1.54) is 12.1 Å². The summed E-state index contributed by atoms with van der Waals surface area (Å²) in [7, 11) is 0. The number of thiazole rings is 1. The molecule has 5 rings (SSSR count). The molecule has 1 aliphatic rings. The molecule has 7 heteroatoms. The van der Waals surface area contributed by atoms with Gasteiger partial charge in [-0.2, -0.15) is 0 Å². The van der Waals surface area contributed by atoms with E-state index in [0.29, 0.717) is 13.1 Å². The van der Waals surface area contributed by atoms with Crippen LogP contribution in [0.2, 0.25) is 0 Å². The molecule has 1 amide bonds. The van der Waals surface area contributed by atoms with Crippen molar-refractivity contribution >= 4 is 17.2 Å². The summed E-state index contributed by atoms with van der Waals surface area (Å²) in [5.74, 6) is -0.162. The molecule has 162 valence electrons.